The minimum absolute atomic E-state index is 0.846. The summed E-state index contributed by atoms with van der Waals surface area (Å²) < 4.78 is 0. The predicted octanol–water partition coefficient (Wildman–Crippen LogP) is 3.69. The summed E-state index contributed by atoms with van der Waals surface area (Å²) in [5.41, 5.74) is 1.22. The highest BCUT2D eigenvalue weighted by atomic mass is 14.7. The van der Waals surface area contributed by atoms with Crippen LogP contribution in [-0.2, 0) is 0 Å². The lowest BCUT2D eigenvalue weighted by atomic mass is 9.89. The van der Waals surface area contributed by atoms with Crippen LogP contribution < -0.4 is 0 Å². The van der Waals surface area contributed by atoms with Crippen molar-refractivity contribution in [3.05, 3.63) is 35.9 Å². The highest BCUT2D eigenvalue weighted by Gasteiger charge is 2.11. The quantitative estimate of drug-likeness (QED) is 0.661. The summed E-state index contributed by atoms with van der Waals surface area (Å²) >= 11 is 0. The van der Waals surface area contributed by atoms with Crippen molar-refractivity contribution in [2.24, 2.45) is 10.9 Å². The Morgan fingerprint density at radius 3 is 2.53 bits per heavy atom. The van der Waals surface area contributed by atoms with Crippen LogP contribution in [0.15, 0.2) is 35.3 Å². The number of nitrogens with zero attached hydrogens (tertiary/aromatic N) is 1. The first kappa shape index (κ1) is 10.4. The summed E-state index contributed by atoms with van der Waals surface area (Å²) in [6, 6.07) is 10.4. The van der Waals surface area contributed by atoms with E-state index in [1.54, 1.807) is 0 Å². The van der Waals surface area contributed by atoms with Crippen LogP contribution in [0.25, 0.3) is 0 Å². The van der Waals surface area contributed by atoms with E-state index in [0.29, 0.717) is 0 Å². The van der Waals surface area contributed by atoms with Crippen LogP contribution in [0, 0.1) is 5.92 Å². The van der Waals surface area contributed by atoms with Gasteiger partial charge in [0.15, 0.2) is 0 Å². The van der Waals surface area contributed by atoms with Crippen LogP contribution in [0.5, 0.6) is 0 Å². The van der Waals surface area contributed by atoms with E-state index in [1.807, 2.05) is 12.3 Å². The van der Waals surface area contributed by atoms with Crippen LogP contribution in [0.3, 0.4) is 0 Å². The first-order valence-corrected chi connectivity index (χ1v) is 6.00. The van der Waals surface area contributed by atoms with Gasteiger partial charge in [-0.2, -0.15) is 0 Å². The first-order chi connectivity index (χ1) is 7.45. The topological polar surface area (TPSA) is 12.4 Å². The van der Waals surface area contributed by atoms with Gasteiger partial charge in [0.2, 0.25) is 0 Å². The molecule has 0 aliphatic heterocycles. The van der Waals surface area contributed by atoms with Gasteiger partial charge < -0.3 is 0 Å². The molecule has 1 nitrogen and oxygen atoms in total. The van der Waals surface area contributed by atoms with Crippen molar-refractivity contribution in [1.29, 1.82) is 0 Å². The summed E-state index contributed by atoms with van der Waals surface area (Å²) in [5.74, 6) is 0.846. The van der Waals surface area contributed by atoms with Gasteiger partial charge in [0.1, 0.15) is 0 Å². The maximum absolute atomic E-state index is 4.54. The molecule has 80 valence electrons. The summed E-state index contributed by atoms with van der Waals surface area (Å²) in [6.07, 6.45) is 9.02. The summed E-state index contributed by atoms with van der Waals surface area (Å²) in [6.45, 7) is 1.02. The lowest BCUT2D eigenvalue weighted by Gasteiger charge is -2.19. The van der Waals surface area contributed by atoms with Gasteiger partial charge in [-0.25, -0.2) is 0 Å². The fraction of sp³-hybridized carbons (Fsp3) is 0.500. The molecule has 1 aromatic rings. The van der Waals surface area contributed by atoms with Gasteiger partial charge in [0, 0.05) is 12.8 Å². The smallest absolute Gasteiger partial charge is 0.0417 e. The van der Waals surface area contributed by atoms with Gasteiger partial charge in [-0.3, -0.25) is 4.99 Å². The van der Waals surface area contributed by atoms with Crippen molar-refractivity contribution in [2.75, 3.05) is 6.54 Å². The second-order valence-corrected chi connectivity index (χ2v) is 4.41. The molecule has 1 fully saturated rings. The van der Waals surface area contributed by atoms with Crippen molar-refractivity contribution in [3.8, 4) is 0 Å². The average molecular weight is 201 g/mol. The molecule has 15 heavy (non-hydrogen) atoms. The molecule has 0 amide bonds. The maximum Gasteiger partial charge on any atom is 0.0417 e. The molecule has 1 aromatic carbocycles. The van der Waals surface area contributed by atoms with E-state index in [9.17, 15) is 0 Å². The van der Waals surface area contributed by atoms with E-state index in [-0.39, 0.29) is 0 Å². The fourth-order valence-electron chi connectivity index (χ4n) is 2.22. The third-order valence-electron chi connectivity index (χ3n) is 3.13. The normalized spacial score (nSPS) is 18.4. The zero-order valence-electron chi connectivity index (χ0n) is 9.23. The van der Waals surface area contributed by atoms with E-state index in [4.69, 9.17) is 0 Å². The molecule has 0 saturated heterocycles. The molecular formula is C14H19N. The molecule has 0 atom stereocenters. The van der Waals surface area contributed by atoms with Crippen LogP contribution in [-0.4, -0.2) is 12.8 Å². The predicted molar refractivity (Wildman–Crippen MR) is 65.5 cm³/mol. The SMILES string of the molecule is C(=NCC1CCCCC1)c1ccccc1. The van der Waals surface area contributed by atoms with Gasteiger partial charge in [-0.05, 0) is 24.3 Å². The second-order valence-electron chi connectivity index (χ2n) is 4.41. The molecule has 0 spiro atoms. The molecule has 1 aliphatic carbocycles. The number of aliphatic imine (C=N–C) groups is 1. The number of rotatable bonds is 3. The van der Waals surface area contributed by atoms with Gasteiger partial charge in [-0.1, -0.05) is 49.6 Å². The maximum atomic E-state index is 4.54. The second kappa shape index (κ2) is 5.69. The van der Waals surface area contributed by atoms with E-state index in [0.717, 1.165) is 12.5 Å². The highest BCUT2D eigenvalue weighted by Crippen LogP contribution is 2.23. The Labute approximate surface area is 92.2 Å². The molecule has 2 rings (SSSR count). The Balaban J connectivity index is 1.79. The first-order valence-electron chi connectivity index (χ1n) is 6.00. The van der Waals surface area contributed by atoms with E-state index in [2.05, 4.69) is 29.3 Å². The standard InChI is InChI=1S/C14H19N/c1-3-7-13(8-4-1)11-15-12-14-9-5-2-6-10-14/h1,3-4,7-8,11,14H,2,5-6,9-10,12H2. The number of hydrogen-bond acceptors (Lipinski definition) is 1. The Bertz CT molecular complexity index is 296. The Hall–Kier alpha value is -1.11. The Morgan fingerprint density at radius 2 is 1.80 bits per heavy atom. The number of benzene rings is 1. The zero-order chi connectivity index (χ0) is 10.3. The minimum Gasteiger partial charge on any atom is -0.292 e. The van der Waals surface area contributed by atoms with E-state index < -0.39 is 0 Å². The molecule has 0 radical (unpaired) electrons. The largest absolute Gasteiger partial charge is 0.292 e. The van der Waals surface area contributed by atoms with Gasteiger partial charge in [0.05, 0.1) is 0 Å². The zero-order valence-corrected chi connectivity index (χ0v) is 9.23. The van der Waals surface area contributed by atoms with Crippen LogP contribution in [0.1, 0.15) is 37.7 Å². The van der Waals surface area contributed by atoms with Crippen LogP contribution >= 0.6 is 0 Å². The van der Waals surface area contributed by atoms with Crippen molar-refractivity contribution in [2.45, 2.75) is 32.1 Å². The fourth-order valence-corrected chi connectivity index (χ4v) is 2.22. The summed E-state index contributed by atoms with van der Waals surface area (Å²) in [5, 5.41) is 0. The molecule has 0 aromatic heterocycles. The minimum atomic E-state index is 0.846. The van der Waals surface area contributed by atoms with Gasteiger partial charge >= 0.3 is 0 Å². The summed E-state index contributed by atoms with van der Waals surface area (Å²) in [4.78, 5) is 4.54. The lowest BCUT2D eigenvalue weighted by Crippen LogP contribution is -2.09. The molecule has 0 heterocycles. The monoisotopic (exact) mass is 201 g/mol. The van der Waals surface area contributed by atoms with Crippen molar-refractivity contribution < 1.29 is 0 Å². The highest BCUT2D eigenvalue weighted by molar-refractivity contribution is 5.79. The Morgan fingerprint density at radius 1 is 1.07 bits per heavy atom. The lowest BCUT2D eigenvalue weighted by molar-refractivity contribution is 0.367. The van der Waals surface area contributed by atoms with Crippen LogP contribution in [0.4, 0.5) is 0 Å². The van der Waals surface area contributed by atoms with Gasteiger partial charge in [-0.15, -0.1) is 0 Å². The van der Waals surface area contributed by atoms with Crippen molar-refractivity contribution in [1.82, 2.24) is 0 Å². The number of hydrogen-bond donors (Lipinski definition) is 0. The summed E-state index contributed by atoms with van der Waals surface area (Å²) in [7, 11) is 0. The van der Waals surface area contributed by atoms with Crippen molar-refractivity contribution >= 4 is 6.21 Å². The molecule has 1 saturated carbocycles. The third kappa shape index (κ3) is 3.50. The average Bonchev–Trinajstić information content (AvgIpc) is 2.32. The van der Waals surface area contributed by atoms with Crippen LogP contribution in [0.2, 0.25) is 0 Å². The molecular weight excluding hydrogens is 182 g/mol. The van der Waals surface area contributed by atoms with E-state index >= 15 is 0 Å². The third-order valence-corrected chi connectivity index (χ3v) is 3.13. The molecule has 1 heteroatoms. The molecule has 0 N–H and O–H groups in total. The molecule has 0 unspecified atom stereocenters. The van der Waals surface area contributed by atoms with Crippen molar-refractivity contribution in [3.63, 3.8) is 0 Å². The molecule has 1 aliphatic rings. The molecule has 0 bridgehead atoms. The Kier molecular flexibility index (Phi) is 3.95. The van der Waals surface area contributed by atoms with Gasteiger partial charge in [0.25, 0.3) is 0 Å². The van der Waals surface area contributed by atoms with E-state index in [1.165, 1.54) is 37.7 Å².